The fourth-order valence-corrected chi connectivity index (χ4v) is 4.25. The highest BCUT2D eigenvalue weighted by atomic mass is 32.1. The van der Waals surface area contributed by atoms with Crippen molar-refractivity contribution in [3.05, 3.63) is 38.2 Å². The Kier molecular flexibility index (Phi) is 6.07. The van der Waals surface area contributed by atoms with E-state index in [-0.39, 0.29) is 16.4 Å². The van der Waals surface area contributed by atoms with E-state index in [0.29, 0.717) is 18.1 Å². The Hall–Kier alpha value is -2.67. The topological polar surface area (TPSA) is 76.3 Å². The first kappa shape index (κ1) is 21.0. The van der Waals surface area contributed by atoms with Gasteiger partial charge in [-0.1, -0.05) is 42.4 Å². The van der Waals surface area contributed by atoms with Gasteiger partial charge in [-0.15, -0.1) is 0 Å². The van der Waals surface area contributed by atoms with E-state index in [1.165, 1.54) is 6.42 Å². The second-order valence-corrected chi connectivity index (χ2v) is 7.92. The first-order valence-corrected chi connectivity index (χ1v) is 9.88. The number of non-ortho nitro benzene ring substituents is 1. The van der Waals surface area contributed by atoms with E-state index < -0.39 is 33.3 Å². The number of halogens is 3. The highest BCUT2D eigenvalue weighted by Crippen LogP contribution is 2.38. The van der Waals surface area contributed by atoms with Crippen LogP contribution in [0.25, 0.3) is 10.1 Å². The van der Waals surface area contributed by atoms with Crippen LogP contribution in [0.1, 0.15) is 37.7 Å². The Morgan fingerprint density at radius 2 is 2.00 bits per heavy atom. The molecule has 1 fully saturated rings. The summed E-state index contributed by atoms with van der Waals surface area (Å²) < 4.78 is 38.9. The van der Waals surface area contributed by atoms with Crippen LogP contribution in [0, 0.1) is 27.9 Å². The number of alkyl halides is 3. The molecule has 0 spiro atoms. The molecule has 1 aliphatic carbocycles. The van der Waals surface area contributed by atoms with Gasteiger partial charge in [-0.05, 0) is 18.9 Å². The standard InChI is InChI=1S/C19H18F3N3O3S/c1-24(9-5-8-12-6-3-2-4-7-12)18-23-17(26)14-10-13(19(20,21)22)11-15(25(27)28)16(14)29-18/h10-12H,2-4,6-7,9H2,1H3. The van der Waals surface area contributed by atoms with E-state index in [9.17, 15) is 28.1 Å². The maximum atomic E-state index is 13.0. The average molecular weight is 425 g/mol. The fraction of sp³-hybridized carbons (Fsp3) is 0.474. The predicted molar refractivity (Wildman–Crippen MR) is 105 cm³/mol. The normalized spacial score (nSPS) is 15.0. The fourth-order valence-electron chi connectivity index (χ4n) is 3.23. The number of hydrogen-bond donors (Lipinski definition) is 0. The van der Waals surface area contributed by atoms with Gasteiger partial charge in [0.25, 0.3) is 11.2 Å². The van der Waals surface area contributed by atoms with Gasteiger partial charge in [0.15, 0.2) is 5.13 Å². The number of aromatic nitrogens is 1. The van der Waals surface area contributed by atoms with Gasteiger partial charge in [0, 0.05) is 19.0 Å². The average Bonchev–Trinajstić information content (AvgIpc) is 2.67. The molecule has 0 radical (unpaired) electrons. The van der Waals surface area contributed by atoms with Crippen LogP contribution in [0.5, 0.6) is 0 Å². The largest absolute Gasteiger partial charge is 0.416 e. The summed E-state index contributed by atoms with van der Waals surface area (Å²) >= 11 is 0.807. The molecule has 154 valence electrons. The van der Waals surface area contributed by atoms with Gasteiger partial charge in [-0.25, -0.2) is 0 Å². The summed E-state index contributed by atoms with van der Waals surface area (Å²) in [5, 5.41) is 11.1. The number of nitro benzene ring substituents is 1. The van der Waals surface area contributed by atoms with Gasteiger partial charge < -0.3 is 4.90 Å². The molecule has 1 saturated carbocycles. The van der Waals surface area contributed by atoms with E-state index in [0.717, 1.165) is 37.0 Å². The number of nitrogens with zero attached hydrogens (tertiary/aromatic N) is 3. The highest BCUT2D eigenvalue weighted by Gasteiger charge is 2.34. The molecule has 0 unspecified atom stereocenters. The Labute approximate surface area is 168 Å². The molecule has 0 N–H and O–H groups in total. The van der Waals surface area contributed by atoms with E-state index in [2.05, 4.69) is 16.8 Å². The second kappa shape index (κ2) is 8.37. The molecule has 0 amide bonds. The van der Waals surface area contributed by atoms with Crippen LogP contribution < -0.4 is 10.5 Å². The molecule has 0 saturated heterocycles. The number of benzene rings is 1. The van der Waals surface area contributed by atoms with Gasteiger partial charge in [0.2, 0.25) is 0 Å². The smallest absolute Gasteiger partial charge is 0.340 e. The first-order chi connectivity index (χ1) is 13.7. The van der Waals surface area contributed by atoms with Crippen molar-refractivity contribution in [1.29, 1.82) is 0 Å². The predicted octanol–water partition coefficient (Wildman–Crippen LogP) is 4.60. The lowest BCUT2D eigenvalue weighted by molar-refractivity contribution is -0.383. The monoisotopic (exact) mass is 425 g/mol. The third-order valence-corrected chi connectivity index (χ3v) is 5.99. The van der Waals surface area contributed by atoms with Crippen LogP contribution in [0.3, 0.4) is 0 Å². The summed E-state index contributed by atoms with van der Waals surface area (Å²) in [6.07, 6.45) is 0.860. The van der Waals surface area contributed by atoms with Crippen molar-refractivity contribution in [2.45, 2.75) is 38.3 Å². The molecular formula is C19H18F3N3O3S. The minimum absolute atomic E-state index is 0.134. The summed E-state index contributed by atoms with van der Waals surface area (Å²) in [5.41, 5.74) is -2.94. The first-order valence-electron chi connectivity index (χ1n) is 9.07. The van der Waals surface area contributed by atoms with Crippen LogP contribution in [0.15, 0.2) is 16.9 Å². The van der Waals surface area contributed by atoms with Gasteiger partial charge in [0.1, 0.15) is 4.70 Å². The van der Waals surface area contributed by atoms with Gasteiger partial charge >= 0.3 is 6.18 Å². The van der Waals surface area contributed by atoms with Crippen LogP contribution in [-0.2, 0) is 6.18 Å². The zero-order valence-corrected chi connectivity index (χ0v) is 16.4. The molecule has 1 aliphatic rings. The number of hydrogen-bond acceptors (Lipinski definition) is 6. The molecule has 0 aliphatic heterocycles. The molecule has 1 aromatic carbocycles. The van der Waals surface area contributed by atoms with Crippen molar-refractivity contribution >= 4 is 32.2 Å². The second-order valence-electron chi connectivity index (χ2n) is 6.94. The molecule has 29 heavy (non-hydrogen) atoms. The number of fused-ring (bicyclic) bond motifs is 1. The quantitative estimate of drug-likeness (QED) is 0.408. The van der Waals surface area contributed by atoms with Crippen molar-refractivity contribution in [3.63, 3.8) is 0 Å². The Morgan fingerprint density at radius 1 is 1.31 bits per heavy atom. The molecule has 3 rings (SSSR count). The summed E-state index contributed by atoms with van der Waals surface area (Å²) in [5.74, 6) is 6.60. The Morgan fingerprint density at radius 3 is 2.62 bits per heavy atom. The Balaban J connectivity index is 1.96. The van der Waals surface area contributed by atoms with Crippen molar-refractivity contribution in [3.8, 4) is 11.8 Å². The lowest BCUT2D eigenvalue weighted by Crippen LogP contribution is -2.21. The maximum absolute atomic E-state index is 13.0. The van der Waals surface area contributed by atoms with Gasteiger partial charge in [0.05, 0.1) is 22.4 Å². The number of nitro groups is 1. The summed E-state index contributed by atoms with van der Waals surface area (Å²) in [4.78, 5) is 28.1. The number of anilines is 1. The van der Waals surface area contributed by atoms with E-state index in [1.54, 1.807) is 11.9 Å². The van der Waals surface area contributed by atoms with Gasteiger partial charge in [-0.2, -0.15) is 18.2 Å². The van der Waals surface area contributed by atoms with E-state index >= 15 is 0 Å². The van der Waals surface area contributed by atoms with Crippen molar-refractivity contribution in [2.75, 3.05) is 18.5 Å². The molecule has 1 aromatic heterocycles. The van der Waals surface area contributed by atoms with Crippen molar-refractivity contribution < 1.29 is 18.1 Å². The Bertz CT molecular complexity index is 1050. The molecule has 1 heterocycles. The maximum Gasteiger partial charge on any atom is 0.416 e. The number of rotatable bonds is 3. The molecule has 2 aromatic rings. The summed E-state index contributed by atoms with van der Waals surface area (Å²) in [7, 11) is 1.63. The molecule has 0 bridgehead atoms. The van der Waals surface area contributed by atoms with Crippen LogP contribution in [-0.4, -0.2) is 23.5 Å². The summed E-state index contributed by atoms with van der Waals surface area (Å²) in [6.45, 7) is 0.263. The molecule has 10 heteroatoms. The van der Waals surface area contributed by atoms with Crippen molar-refractivity contribution in [2.24, 2.45) is 5.92 Å². The lowest BCUT2D eigenvalue weighted by atomic mass is 9.90. The van der Waals surface area contributed by atoms with E-state index in [4.69, 9.17) is 0 Å². The van der Waals surface area contributed by atoms with Gasteiger partial charge in [-0.3, -0.25) is 14.9 Å². The van der Waals surface area contributed by atoms with Crippen LogP contribution >= 0.6 is 11.3 Å². The van der Waals surface area contributed by atoms with Crippen molar-refractivity contribution in [1.82, 2.24) is 4.98 Å². The van der Waals surface area contributed by atoms with Crippen LogP contribution in [0.2, 0.25) is 0 Å². The third kappa shape index (κ3) is 4.85. The molecule has 6 nitrogen and oxygen atoms in total. The molecule has 0 atom stereocenters. The summed E-state index contributed by atoms with van der Waals surface area (Å²) in [6, 6.07) is 1.06. The van der Waals surface area contributed by atoms with E-state index in [1.807, 2.05) is 0 Å². The minimum Gasteiger partial charge on any atom is -0.340 e. The van der Waals surface area contributed by atoms with Crippen LogP contribution in [0.4, 0.5) is 24.0 Å². The SMILES string of the molecule is CN(CC#CC1CCCCC1)c1nc(=O)c2cc(C(F)(F)F)cc([N+](=O)[O-])c2s1. The highest BCUT2D eigenvalue weighted by molar-refractivity contribution is 7.22. The third-order valence-electron chi connectivity index (χ3n) is 4.77. The molecular weight excluding hydrogens is 407 g/mol. The zero-order chi connectivity index (χ0) is 21.2. The zero-order valence-electron chi connectivity index (χ0n) is 15.6. The minimum atomic E-state index is -4.81. The lowest BCUT2D eigenvalue weighted by Gasteiger charge is -2.17.